The van der Waals surface area contributed by atoms with E-state index < -0.39 is 24.3 Å². The van der Waals surface area contributed by atoms with E-state index in [9.17, 15) is 15.0 Å². The average Bonchev–Trinajstić information content (AvgIpc) is 3.53. The maximum Gasteiger partial charge on any atom is 0.237 e. The number of pyridine rings is 1. The summed E-state index contributed by atoms with van der Waals surface area (Å²) in [6.45, 7) is 0. The van der Waals surface area contributed by atoms with E-state index in [4.69, 9.17) is 5.73 Å². The van der Waals surface area contributed by atoms with Gasteiger partial charge in [0, 0.05) is 12.4 Å². The van der Waals surface area contributed by atoms with Crippen molar-refractivity contribution >= 4 is 5.91 Å². The van der Waals surface area contributed by atoms with Gasteiger partial charge in [0.25, 0.3) is 0 Å². The van der Waals surface area contributed by atoms with E-state index in [1.807, 2.05) is 12.1 Å². The molecule has 0 aliphatic heterocycles. The van der Waals surface area contributed by atoms with Crippen molar-refractivity contribution in [1.82, 2.24) is 10.3 Å². The van der Waals surface area contributed by atoms with Gasteiger partial charge in [-0.15, -0.1) is 0 Å². The predicted molar refractivity (Wildman–Crippen MR) is 104 cm³/mol. The van der Waals surface area contributed by atoms with Crippen LogP contribution in [-0.2, 0) is 11.2 Å². The molecule has 0 spiro atoms. The van der Waals surface area contributed by atoms with Crippen molar-refractivity contribution in [2.75, 3.05) is 0 Å². The molecular weight excluding hydrogens is 342 g/mol. The first-order valence-corrected chi connectivity index (χ1v) is 10.4. The highest BCUT2D eigenvalue weighted by molar-refractivity contribution is 5.82. The third-order valence-corrected chi connectivity index (χ3v) is 6.02. The van der Waals surface area contributed by atoms with Gasteiger partial charge in [-0.05, 0) is 49.1 Å². The van der Waals surface area contributed by atoms with Gasteiger partial charge in [0.2, 0.25) is 5.91 Å². The first-order chi connectivity index (χ1) is 13.0. The number of nitrogens with zero attached hydrogens (tertiary/aromatic N) is 1. The van der Waals surface area contributed by atoms with Crippen LogP contribution in [0.2, 0.25) is 0 Å². The lowest BCUT2D eigenvalue weighted by Crippen LogP contribution is -2.54. The lowest BCUT2D eigenvalue weighted by Gasteiger charge is -2.33. The highest BCUT2D eigenvalue weighted by Crippen LogP contribution is 2.36. The number of aliphatic hydroxyl groups is 2. The van der Waals surface area contributed by atoms with Gasteiger partial charge in [-0.3, -0.25) is 9.78 Å². The van der Waals surface area contributed by atoms with Crippen molar-refractivity contribution < 1.29 is 15.0 Å². The number of nitrogens with one attached hydrogen (secondary N) is 1. The summed E-state index contributed by atoms with van der Waals surface area (Å²) in [5.74, 6) is 0.371. The van der Waals surface area contributed by atoms with Crippen LogP contribution in [0.5, 0.6) is 0 Å². The molecule has 0 saturated heterocycles. The molecule has 2 saturated carbocycles. The summed E-state index contributed by atoms with van der Waals surface area (Å²) in [6, 6.07) is 2.57. The summed E-state index contributed by atoms with van der Waals surface area (Å²) < 4.78 is 0. The molecule has 6 heteroatoms. The van der Waals surface area contributed by atoms with E-state index in [1.54, 1.807) is 12.4 Å². The van der Waals surface area contributed by atoms with Crippen molar-refractivity contribution in [1.29, 1.82) is 0 Å². The minimum Gasteiger partial charge on any atom is -0.390 e. The summed E-state index contributed by atoms with van der Waals surface area (Å²) in [5.41, 5.74) is 7.00. The fourth-order valence-corrected chi connectivity index (χ4v) is 4.18. The van der Waals surface area contributed by atoms with Crippen LogP contribution in [0.15, 0.2) is 24.5 Å². The summed E-state index contributed by atoms with van der Waals surface area (Å²) in [7, 11) is 0. The Kier molecular flexibility index (Phi) is 7.21. The van der Waals surface area contributed by atoms with E-state index in [0.29, 0.717) is 18.8 Å². The lowest BCUT2D eigenvalue weighted by atomic mass is 9.82. The Labute approximate surface area is 161 Å². The Hall–Kier alpha value is -1.50. The van der Waals surface area contributed by atoms with Crippen LogP contribution in [-0.4, -0.2) is 45.4 Å². The molecule has 0 unspecified atom stereocenters. The molecule has 27 heavy (non-hydrogen) atoms. The van der Waals surface area contributed by atoms with Crippen LogP contribution in [0.3, 0.4) is 0 Å². The van der Waals surface area contributed by atoms with E-state index in [1.165, 1.54) is 19.3 Å². The summed E-state index contributed by atoms with van der Waals surface area (Å²) >= 11 is 0. The highest BCUT2D eigenvalue weighted by Gasteiger charge is 2.39. The van der Waals surface area contributed by atoms with E-state index >= 15 is 0 Å². The number of nitrogens with two attached hydrogens (primary N) is 1. The molecule has 1 aromatic heterocycles. The molecule has 1 heterocycles. The monoisotopic (exact) mass is 375 g/mol. The number of rotatable bonds is 9. The highest BCUT2D eigenvalue weighted by atomic mass is 16.3. The van der Waals surface area contributed by atoms with Crippen LogP contribution < -0.4 is 11.1 Å². The summed E-state index contributed by atoms with van der Waals surface area (Å²) in [4.78, 5) is 16.7. The fraction of sp³-hybridized carbons (Fsp3) is 0.714. The first-order valence-electron chi connectivity index (χ1n) is 10.4. The second-order valence-corrected chi connectivity index (χ2v) is 8.35. The quantitative estimate of drug-likeness (QED) is 0.523. The number of carbonyl (C=O) groups is 1. The smallest absolute Gasteiger partial charge is 0.237 e. The van der Waals surface area contributed by atoms with E-state index in [-0.39, 0.29) is 11.8 Å². The van der Waals surface area contributed by atoms with Crippen molar-refractivity contribution in [2.45, 2.75) is 82.1 Å². The number of amides is 1. The second-order valence-electron chi connectivity index (χ2n) is 8.35. The Balaban J connectivity index is 1.60. The molecule has 1 amide bonds. The zero-order valence-corrected chi connectivity index (χ0v) is 16.0. The standard InChI is InChI=1S/C21H33N3O3/c22-17(11-15-7-4-10-23-13-15)21(27)24-18(12-14-5-2-1-3-6-14)20(26)19(25)16-8-9-16/h4,7,10,13-14,16-20,25-26H,1-3,5-6,8-9,11-12,22H2,(H,24,27)/t17-,18+,19+,20-/m1/s1. The lowest BCUT2D eigenvalue weighted by molar-refractivity contribution is -0.125. The fourth-order valence-electron chi connectivity index (χ4n) is 4.18. The largest absolute Gasteiger partial charge is 0.390 e. The van der Waals surface area contributed by atoms with E-state index in [0.717, 1.165) is 31.2 Å². The zero-order valence-electron chi connectivity index (χ0n) is 16.0. The maximum atomic E-state index is 12.7. The van der Waals surface area contributed by atoms with Gasteiger partial charge < -0.3 is 21.3 Å². The van der Waals surface area contributed by atoms with Crippen LogP contribution >= 0.6 is 0 Å². The molecule has 0 aromatic carbocycles. The number of aromatic nitrogens is 1. The SMILES string of the molecule is N[C@H](Cc1cccnc1)C(=O)N[C@@H](CC1CCCCC1)[C@@H](O)[C@@H](O)C1CC1. The van der Waals surface area contributed by atoms with Gasteiger partial charge >= 0.3 is 0 Å². The summed E-state index contributed by atoms with van der Waals surface area (Å²) in [5, 5.41) is 24.1. The number of hydrogen-bond donors (Lipinski definition) is 4. The third-order valence-electron chi connectivity index (χ3n) is 6.02. The molecule has 3 rings (SSSR count). The topological polar surface area (TPSA) is 108 Å². The predicted octanol–water partition coefficient (Wildman–Crippen LogP) is 1.54. The molecule has 150 valence electrons. The van der Waals surface area contributed by atoms with Gasteiger partial charge in [0.15, 0.2) is 0 Å². The minimum atomic E-state index is -0.936. The molecular formula is C21H33N3O3. The molecule has 4 atom stereocenters. The van der Waals surface area contributed by atoms with Gasteiger partial charge in [0.1, 0.15) is 6.10 Å². The molecule has 6 nitrogen and oxygen atoms in total. The second kappa shape index (κ2) is 9.62. The Morgan fingerprint density at radius 1 is 1.22 bits per heavy atom. The van der Waals surface area contributed by atoms with E-state index in [2.05, 4.69) is 10.3 Å². The molecule has 1 aromatic rings. The Morgan fingerprint density at radius 2 is 1.96 bits per heavy atom. The first kappa shape index (κ1) is 20.2. The summed E-state index contributed by atoms with van der Waals surface area (Å²) in [6.07, 6.45) is 10.6. The van der Waals surface area contributed by atoms with Crippen LogP contribution in [0.1, 0.15) is 56.9 Å². The Bertz CT molecular complexity index is 588. The molecule has 2 aliphatic carbocycles. The molecule has 5 N–H and O–H groups in total. The van der Waals surface area contributed by atoms with Crippen LogP contribution in [0.4, 0.5) is 0 Å². The molecule has 0 radical (unpaired) electrons. The third kappa shape index (κ3) is 5.99. The normalized spacial score (nSPS) is 22.6. The number of hydrogen-bond acceptors (Lipinski definition) is 5. The number of aliphatic hydroxyl groups excluding tert-OH is 2. The van der Waals surface area contributed by atoms with Crippen LogP contribution in [0, 0.1) is 11.8 Å². The van der Waals surface area contributed by atoms with Gasteiger partial charge in [-0.1, -0.05) is 38.2 Å². The minimum absolute atomic E-state index is 0.162. The van der Waals surface area contributed by atoms with Crippen molar-refractivity contribution in [3.05, 3.63) is 30.1 Å². The number of carbonyl (C=O) groups excluding carboxylic acids is 1. The molecule has 2 aliphatic rings. The zero-order chi connectivity index (χ0) is 19.2. The maximum absolute atomic E-state index is 12.7. The van der Waals surface area contributed by atoms with Crippen LogP contribution in [0.25, 0.3) is 0 Å². The average molecular weight is 376 g/mol. The van der Waals surface area contributed by atoms with Crippen molar-refractivity contribution in [3.63, 3.8) is 0 Å². The Morgan fingerprint density at radius 3 is 2.59 bits per heavy atom. The van der Waals surface area contributed by atoms with Gasteiger partial charge in [0.05, 0.1) is 18.2 Å². The van der Waals surface area contributed by atoms with Crippen molar-refractivity contribution in [3.8, 4) is 0 Å². The van der Waals surface area contributed by atoms with Crippen molar-refractivity contribution in [2.24, 2.45) is 17.6 Å². The molecule has 2 fully saturated rings. The van der Waals surface area contributed by atoms with Gasteiger partial charge in [-0.2, -0.15) is 0 Å². The van der Waals surface area contributed by atoms with Gasteiger partial charge in [-0.25, -0.2) is 0 Å². The molecule has 0 bridgehead atoms.